The van der Waals surface area contributed by atoms with E-state index < -0.39 is 5.82 Å². The maximum absolute atomic E-state index is 13.9. The zero-order chi connectivity index (χ0) is 12.6. The Kier molecular flexibility index (Phi) is 3.07. The van der Waals surface area contributed by atoms with Gasteiger partial charge in [-0.25, -0.2) is 4.39 Å². The first-order chi connectivity index (χ1) is 7.99. The zero-order valence-electron chi connectivity index (χ0n) is 9.50. The molecule has 3 nitrogen and oxygen atoms in total. The van der Waals surface area contributed by atoms with Gasteiger partial charge in [-0.05, 0) is 23.6 Å². The van der Waals surface area contributed by atoms with Crippen LogP contribution in [0.1, 0.15) is 25.3 Å². The van der Waals surface area contributed by atoms with E-state index in [-0.39, 0.29) is 28.1 Å². The predicted octanol–water partition coefficient (Wildman–Crippen LogP) is 3.84. The van der Waals surface area contributed by atoms with Gasteiger partial charge in [-0.15, -0.1) is 0 Å². The third-order valence-electron chi connectivity index (χ3n) is 2.51. The Balaban J connectivity index is 2.60. The molecule has 90 valence electrons. The van der Waals surface area contributed by atoms with E-state index in [1.165, 1.54) is 6.07 Å². The quantitative estimate of drug-likeness (QED) is 0.886. The molecule has 0 aliphatic carbocycles. The molecule has 5 heteroatoms. The van der Waals surface area contributed by atoms with Crippen molar-refractivity contribution in [2.45, 2.75) is 19.8 Å². The number of anilines is 1. The van der Waals surface area contributed by atoms with Crippen LogP contribution in [0.5, 0.6) is 0 Å². The van der Waals surface area contributed by atoms with Crippen LogP contribution in [0.15, 0.2) is 22.7 Å². The molecule has 0 saturated carbocycles. The van der Waals surface area contributed by atoms with Gasteiger partial charge in [0.25, 0.3) is 0 Å². The molecule has 1 aromatic heterocycles. The molecule has 0 saturated heterocycles. The number of halogens is 2. The van der Waals surface area contributed by atoms with E-state index in [2.05, 4.69) is 5.16 Å². The van der Waals surface area contributed by atoms with Crippen LogP contribution in [-0.4, -0.2) is 5.16 Å². The van der Waals surface area contributed by atoms with Crippen molar-refractivity contribution in [2.24, 2.45) is 0 Å². The van der Waals surface area contributed by atoms with E-state index in [4.69, 9.17) is 21.9 Å². The Morgan fingerprint density at radius 3 is 2.59 bits per heavy atom. The van der Waals surface area contributed by atoms with Crippen molar-refractivity contribution in [3.8, 4) is 11.3 Å². The number of hydrogen-bond acceptors (Lipinski definition) is 3. The second kappa shape index (κ2) is 4.37. The summed E-state index contributed by atoms with van der Waals surface area (Å²) in [6, 6.07) is 4.79. The summed E-state index contributed by atoms with van der Waals surface area (Å²) in [4.78, 5) is 0. The third kappa shape index (κ3) is 2.26. The molecular weight excluding hydrogens is 243 g/mol. The number of rotatable bonds is 2. The molecule has 2 aromatic rings. The Bertz CT molecular complexity index is 551. The van der Waals surface area contributed by atoms with Gasteiger partial charge in [0.15, 0.2) is 17.4 Å². The van der Waals surface area contributed by atoms with Gasteiger partial charge in [0, 0.05) is 6.07 Å². The molecule has 0 bridgehead atoms. The standard InChI is InChI=1S/C12H12ClFN2O/c1-6(2)7-3-8(12(14)9(13)4-7)10-5-11(15)16-17-10/h3-6H,1-2H3,(H2,15,16). The summed E-state index contributed by atoms with van der Waals surface area (Å²) in [7, 11) is 0. The number of nitrogens with zero attached hydrogens (tertiary/aromatic N) is 1. The van der Waals surface area contributed by atoms with Crippen LogP contribution < -0.4 is 5.73 Å². The molecule has 0 aliphatic rings. The van der Waals surface area contributed by atoms with Crippen molar-refractivity contribution in [1.29, 1.82) is 0 Å². The summed E-state index contributed by atoms with van der Waals surface area (Å²) >= 11 is 5.85. The first-order valence-corrected chi connectivity index (χ1v) is 5.58. The van der Waals surface area contributed by atoms with Gasteiger partial charge in [0.1, 0.15) is 0 Å². The van der Waals surface area contributed by atoms with Crippen LogP contribution in [0, 0.1) is 5.82 Å². The highest BCUT2D eigenvalue weighted by atomic mass is 35.5. The summed E-state index contributed by atoms with van der Waals surface area (Å²) in [6.07, 6.45) is 0. The highest BCUT2D eigenvalue weighted by molar-refractivity contribution is 6.31. The normalized spacial score (nSPS) is 11.1. The Hall–Kier alpha value is -1.55. The molecule has 0 atom stereocenters. The van der Waals surface area contributed by atoms with Gasteiger partial charge in [0.2, 0.25) is 0 Å². The van der Waals surface area contributed by atoms with Crippen LogP contribution in [0.4, 0.5) is 10.2 Å². The molecule has 0 unspecified atom stereocenters. The van der Waals surface area contributed by atoms with Gasteiger partial charge >= 0.3 is 0 Å². The Morgan fingerprint density at radius 1 is 1.35 bits per heavy atom. The molecule has 1 aromatic carbocycles. The van der Waals surface area contributed by atoms with Gasteiger partial charge < -0.3 is 10.3 Å². The molecule has 0 amide bonds. The lowest BCUT2D eigenvalue weighted by Gasteiger charge is -2.09. The molecule has 0 radical (unpaired) electrons. The molecule has 0 aliphatic heterocycles. The summed E-state index contributed by atoms with van der Waals surface area (Å²) in [5.41, 5.74) is 6.66. The lowest BCUT2D eigenvalue weighted by Crippen LogP contribution is -1.92. The van der Waals surface area contributed by atoms with Crippen LogP contribution in [0.2, 0.25) is 5.02 Å². The summed E-state index contributed by atoms with van der Waals surface area (Å²) in [5, 5.41) is 3.60. The van der Waals surface area contributed by atoms with E-state index >= 15 is 0 Å². The fourth-order valence-electron chi connectivity index (χ4n) is 1.54. The monoisotopic (exact) mass is 254 g/mol. The molecule has 17 heavy (non-hydrogen) atoms. The zero-order valence-corrected chi connectivity index (χ0v) is 10.3. The summed E-state index contributed by atoms with van der Waals surface area (Å²) < 4.78 is 18.8. The van der Waals surface area contributed by atoms with Crippen molar-refractivity contribution in [3.63, 3.8) is 0 Å². The number of hydrogen-bond donors (Lipinski definition) is 1. The maximum Gasteiger partial charge on any atom is 0.172 e. The van der Waals surface area contributed by atoms with E-state index in [0.29, 0.717) is 0 Å². The van der Waals surface area contributed by atoms with Crippen LogP contribution in [0.3, 0.4) is 0 Å². The first kappa shape index (κ1) is 11.9. The smallest absolute Gasteiger partial charge is 0.172 e. The van der Waals surface area contributed by atoms with E-state index in [9.17, 15) is 4.39 Å². The lowest BCUT2D eigenvalue weighted by atomic mass is 9.99. The van der Waals surface area contributed by atoms with Gasteiger partial charge in [0.05, 0.1) is 10.6 Å². The largest absolute Gasteiger partial charge is 0.381 e. The summed E-state index contributed by atoms with van der Waals surface area (Å²) in [6.45, 7) is 4.00. The van der Waals surface area contributed by atoms with Gasteiger partial charge in [-0.1, -0.05) is 30.6 Å². The molecule has 2 N–H and O–H groups in total. The van der Waals surface area contributed by atoms with Crippen LogP contribution in [-0.2, 0) is 0 Å². The minimum absolute atomic E-state index is 0.0705. The average Bonchev–Trinajstić information content (AvgIpc) is 2.68. The first-order valence-electron chi connectivity index (χ1n) is 5.20. The fraction of sp³-hybridized carbons (Fsp3) is 0.250. The van der Waals surface area contributed by atoms with Gasteiger partial charge in [-0.2, -0.15) is 0 Å². The molecule has 2 rings (SSSR count). The number of nitrogen functional groups attached to an aromatic ring is 1. The van der Waals surface area contributed by atoms with Crippen LogP contribution in [0.25, 0.3) is 11.3 Å². The Morgan fingerprint density at radius 2 is 2.06 bits per heavy atom. The van der Waals surface area contributed by atoms with Crippen molar-refractivity contribution >= 4 is 17.4 Å². The third-order valence-corrected chi connectivity index (χ3v) is 2.79. The molecule has 0 spiro atoms. The number of nitrogens with two attached hydrogens (primary N) is 1. The second-order valence-corrected chi connectivity index (χ2v) is 4.54. The molecule has 1 heterocycles. The second-order valence-electron chi connectivity index (χ2n) is 4.13. The van der Waals surface area contributed by atoms with Crippen molar-refractivity contribution in [2.75, 3.05) is 5.73 Å². The van der Waals surface area contributed by atoms with Crippen LogP contribution >= 0.6 is 11.6 Å². The van der Waals surface area contributed by atoms with Gasteiger partial charge in [-0.3, -0.25) is 0 Å². The lowest BCUT2D eigenvalue weighted by molar-refractivity contribution is 0.433. The number of aromatic nitrogens is 1. The van der Waals surface area contributed by atoms with Crippen molar-refractivity contribution < 1.29 is 8.91 Å². The van der Waals surface area contributed by atoms with E-state index in [0.717, 1.165) is 5.56 Å². The predicted molar refractivity (Wildman–Crippen MR) is 65.4 cm³/mol. The van der Waals surface area contributed by atoms with E-state index in [1.807, 2.05) is 13.8 Å². The highest BCUT2D eigenvalue weighted by Gasteiger charge is 2.16. The topological polar surface area (TPSA) is 52.0 Å². The maximum atomic E-state index is 13.9. The molecule has 0 fully saturated rings. The fourth-order valence-corrected chi connectivity index (χ4v) is 1.77. The highest BCUT2D eigenvalue weighted by Crippen LogP contribution is 2.32. The minimum atomic E-state index is -0.521. The molecular formula is C12H12ClFN2O. The number of benzene rings is 1. The SMILES string of the molecule is CC(C)c1cc(Cl)c(F)c(-c2cc(N)no2)c1. The summed E-state index contributed by atoms with van der Waals surface area (Å²) in [5.74, 6) is 0.217. The van der Waals surface area contributed by atoms with E-state index in [1.54, 1.807) is 12.1 Å². The van der Waals surface area contributed by atoms with Crippen molar-refractivity contribution in [3.05, 3.63) is 34.6 Å². The van der Waals surface area contributed by atoms with Crippen molar-refractivity contribution in [1.82, 2.24) is 5.16 Å². The Labute approximate surface area is 103 Å². The minimum Gasteiger partial charge on any atom is -0.381 e. The average molecular weight is 255 g/mol.